The maximum Gasteiger partial charge on any atom is 0.272 e. The third kappa shape index (κ3) is 3.12. The number of halogens is 1. The lowest BCUT2D eigenvalue weighted by Crippen LogP contribution is -2.13. The minimum Gasteiger partial charge on any atom is -0.262 e. The summed E-state index contributed by atoms with van der Waals surface area (Å²) in [4.78, 5) is 4.37. The van der Waals surface area contributed by atoms with Crippen LogP contribution in [0.1, 0.15) is 10.4 Å². The molecule has 0 amide bonds. The lowest BCUT2D eigenvalue weighted by molar-refractivity contribution is 0.603. The van der Waals surface area contributed by atoms with Crippen molar-refractivity contribution in [3.05, 3.63) is 39.3 Å². The molecular weight excluding hydrogens is 350 g/mol. The van der Waals surface area contributed by atoms with Crippen LogP contribution in [0, 0.1) is 18.3 Å². The smallest absolute Gasteiger partial charge is 0.262 e. The fraction of sp³-hybridized carbons (Fsp3) is 0.0909. The van der Waals surface area contributed by atoms with Crippen molar-refractivity contribution in [2.75, 3.05) is 4.72 Å². The highest BCUT2D eigenvalue weighted by Gasteiger charge is 2.18. The summed E-state index contributed by atoms with van der Waals surface area (Å²) in [5, 5.41) is 8.71. The van der Waals surface area contributed by atoms with Gasteiger partial charge in [-0.25, -0.2) is 13.4 Å². The van der Waals surface area contributed by atoms with Gasteiger partial charge in [0.15, 0.2) is 0 Å². The summed E-state index contributed by atoms with van der Waals surface area (Å²) in [5.41, 5.74) is 0.704. The van der Waals surface area contributed by atoms with Gasteiger partial charge >= 0.3 is 0 Å². The van der Waals surface area contributed by atoms with E-state index in [2.05, 4.69) is 25.6 Å². The van der Waals surface area contributed by atoms with Crippen molar-refractivity contribution in [3.8, 4) is 6.07 Å². The van der Waals surface area contributed by atoms with E-state index in [9.17, 15) is 8.42 Å². The van der Waals surface area contributed by atoms with Gasteiger partial charge in [-0.2, -0.15) is 5.26 Å². The van der Waals surface area contributed by atoms with Gasteiger partial charge in [-0.1, -0.05) is 0 Å². The maximum atomic E-state index is 12.1. The number of anilines is 1. The average Bonchev–Trinajstić information content (AvgIpc) is 2.82. The number of hydrogen-bond acceptors (Lipinski definition) is 5. The normalized spacial score (nSPS) is 11.0. The van der Waals surface area contributed by atoms with Crippen LogP contribution in [-0.2, 0) is 10.0 Å². The summed E-state index contributed by atoms with van der Waals surface area (Å²) in [6.45, 7) is 1.75. The van der Waals surface area contributed by atoms with Crippen LogP contribution in [0.5, 0.6) is 0 Å². The molecule has 0 aliphatic heterocycles. The number of nitrogens with zero attached hydrogens (tertiary/aromatic N) is 2. The number of aromatic nitrogens is 1. The van der Waals surface area contributed by atoms with Crippen LogP contribution in [0.2, 0.25) is 0 Å². The van der Waals surface area contributed by atoms with E-state index in [1.54, 1.807) is 13.0 Å². The Hall–Kier alpha value is -1.43. The molecule has 8 heteroatoms. The first-order chi connectivity index (χ1) is 8.92. The molecule has 0 aliphatic rings. The van der Waals surface area contributed by atoms with Crippen LogP contribution in [0.3, 0.4) is 0 Å². The number of hydrogen-bond donors (Lipinski definition) is 1. The molecule has 0 aliphatic carbocycles. The number of pyridine rings is 1. The first kappa shape index (κ1) is 14.0. The third-order valence-electron chi connectivity index (χ3n) is 2.23. The maximum absolute atomic E-state index is 12.1. The van der Waals surface area contributed by atoms with E-state index in [0.29, 0.717) is 10.4 Å². The molecule has 2 aromatic rings. The summed E-state index contributed by atoms with van der Waals surface area (Å²) in [6.07, 6.45) is 1.51. The van der Waals surface area contributed by atoms with Gasteiger partial charge in [-0.05, 0) is 46.6 Å². The van der Waals surface area contributed by atoms with Gasteiger partial charge in [0, 0.05) is 10.7 Å². The van der Waals surface area contributed by atoms with Crippen molar-refractivity contribution in [2.45, 2.75) is 11.1 Å². The summed E-state index contributed by atoms with van der Waals surface area (Å²) in [6, 6.07) is 6.55. The average molecular weight is 358 g/mol. The van der Waals surface area contributed by atoms with Gasteiger partial charge in [-0.15, -0.1) is 11.3 Å². The fourth-order valence-corrected chi connectivity index (χ4v) is 3.98. The van der Waals surface area contributed by atoms with E-state index >= 15 is 0 Å². The van der Waals surface area contributed by atoms with E-state index in [0.717, 1.165) is 15.8 Å². The Morgan fingerprint density at radius 2 is 2.21 bits per heavy atom. The number of nitrogens with one attached hydrogen (secondary N) is 1. The Morgan fingerprint density at radius 1 is 1.47 bits per heavy atom. The molecule has 0 bridgehead atoms. The first-order valence-electron chi connectivity index (χ1n) is 5.07. The standard InChI is InChI=1S/C11H8BrN3O2S2/c1-7-4-8(12)6-14-11(7)15-19(16,17)10-3-2-9(5-13)18-10/h2-4,6H,1H3,(H,14,15). The Labute approximate surface area is 123 Å². The SMILES string of the molecule is Cc1cc(Br)cnc1NS(=O)(=O)c1ccc(C#N)s1. The molecule has 0 atom stereocenters. The van der Waals surface area contributed by atoms with E-state index in [4.69, 9.17) is 5.26 Å². The highest BCUT2D eigenvalue weighted by molar-refractivity contribution is 9.10. The summed E-state index contributed by atoms with van der Waals surface area (Å²) < 4.78 is 27.5. The zero-order valence-corrected chi connectivity index (χ0v) is 12.9. The molecular formula is C11H8BrN3O2S2. The summed E-state index contributed by atoms with van der Waals surface area (Å²) >= 11 is 4.18. The second-order valence-electron chi connectivity index (χ2n) is 3.66. The molecule has 0 aromatic carbocycles. The molecule has 0 fully saturated rings. The Balaban J connectivity index is 2.34. The molecule has 2 rings (SSSR count). The number of sulfonamides is 1. The predicted molar refractivity (Wildman–Crippen MR) is 76.5 cm³/mol. The molecule has 0 radical (unpaired) electrons. The molecule has 0 saturated carbocycles. The zero-order chi connectivity index (χ0) is 14.0. The predicted octanol–water partition coefficient (Wildman–Crippen LogP) is 2.89. The Bertz CT molecular complexity index is 762. The van der Waals surface area contributed by atoms with Crippen molar-refractivity contribution >= 4 is 43.1 Å². The van der Waals surface area contributed by atoms with Crippen molar-refractivity contribution in [1.82, 2.24) is 4.98 Å². The van der Waals surface area contributed by atoms with Crippen molar-refractivity contribution in [2.24, 2.45) is 0 Å². The molecule has 1 N–H and O–H groups in total. The van der Waals surface area contributed by atoms with Crippen LogP contribution >= 0.6 is 27.3 Å². The van der Waals surface area contributed by atoms with Gasteiger partial charge in [0.1, 0.15) is 21.0 Å². The fourth-order valence-electron chi connectivity index (χ4n) is 1.35. The summed E-state index contributed by atoms with van der Waals surface area (Å²) in [7, 11) is -3.70. The van der Waals surface area contributed by atoms with E-state index in [1.807, 2.05) is 6.07 Å². The van der Waals surface area contributed by atoms with Gasteiger partial charge in [0.2, 0.25) is 0 Å². The zero-order valence-electron chi connectivity index (χ0n) is 9.71. The van der Waals surface area contributed by atoms with Crippen LogP contribution in [0.4, 0.5) is 5.82 Å². The second-order valence-corrected chi connectivity index (χ2v) is 7.56. The van der Waals surface area contributed by atoms with Crippen molar-refractivity contribution in [1.29, 1.82) is 5.26 Å². The molecule has 0 saturated heterocycles. The highest BCUT2D eigenvalue weighted by atomic mass is 79.9. The molecule has 2 aromatic heterocycles. The quantitative estimate of drug-likeness (QED) is 0.915. The second kappa shape index (κ2) is 5.28. The van der Waals surface area contributed by atoms with E-state index < -0.39 is 10.0 Å². The van der Waals surface area contributed by atoms with E-state index in [1.165, 1.54) is 18.3 Å². The van der Waals surface area contributed by atoms with Crippen molar-refractivity contribution in [3.63, 3.8) is 0 Å². The van der Waals surface area contributed by atoms with Crippen LogP contribution in [0.25, 0.3) is 0 Å². The number of nitriles is 1. The monoisotopic (exact) mass is 357 g/mol. The molecule has 0 unspecified atom stereocenters. The van der Waals surface area contributed by atoms with Gasteiger partial charge in [0.25, 0.3) is 10.0 Å². The van der Waals surface area contributed by atoms with Gasteiger partial charge in [-0.3, -0.25) is 4.72 Å². The highest BCUT2D eigenvalue weighted by Crippen LogP contribution is 2.24. The first-order valence-corrected chi connectivity index (χ1v) is 8.16. The van der Waals surface area contributed by atoms with E-state index in [-0.39, 0.29) is 10.0 Å². The van der Waals surface area contributed by atoms with Crippen LogP contribution < -0.4 is 4.72 Å². The van der Waals surface area contributed by atoms with Crippen LogP contribution in [0.15, 0.2) is 33.1 Å². The van der Waals surface area contributed by atoms with Crippen LogP contribution in [-0.4, -0.2) is 13.4 Å². The number of thiophene rings is 1. The third-order valence-corrected chi connectivity index (χ3v) is 5.49. The van der Waals surface area contributed by atoms with Crippen molar-refractivity contribution < 1.29 is 8.42 Å². The number of rotatable bonds is 3. The Morgan fingerprint density at radius 3 is 2.79 bits per heavy atom. The minimum absolute atomic E-state index is 0.0909. The number of aryl methyl sites for hydroxylation is 1. The Kier molecular flexibility index (Phi) is 3.89. The summed E-state index contributed by atoms with van der Waals surface area (Å²) in [5.74, 6) is 0.273. The molecule has 98 valence electrons. The molecule has 5 nitrogen and oxygen atoms in total. The molecule has 19 heavy (non-hydrogen) atoms. The minimum atomic E-state index is -3.70. The molecule has 0 spiro atoms. The van der Waals surface area contributed by atoms with Gasteiger partial charge < -0.3 is 0 Å². The lowest BCUT2D eigenvalue weighted by Gasteiger charge is -2.08. The lowest BCUT2D eigenvalue weighted by atomic mass is 10.3. The van der Waals surface area contributed by atoms with Gasteiger partial charge in [0.05, 0.1) is 0 Å². The largest absolute Gasteiger partial charge is 0.272 e. The topological polar surface area (TPSA) is 82.8 Å². The molecule has 2 heterocycles.